The molecule has 0 spiro atoms. The van der Waals surface area contributed by atoms with Gasteiger partial charge in [-0.05, 0) is 30.2 Å². The summed E-state index contributed by atoms with van der Waals surface area (Å²) in [6.45, 7) is 3.26. The Morgan fingerprint density at radius 1 is 1.27 bits per heavy atom. The minimum absolute atomic E-state index is 0.421. The molecule has 0 aliphatic rings. The van der Waals surface area contributed by atoms with Crippen LogP contribution in [-0.2, 0) is 21.0 Å². The van der Waals surface area contributed by atoms with Crippen molar-refractivity contribution in [2.24, 2.45) is 5.92 Å². The first kappa shape index (κ1) is 18.4. The molecular formula is C13H16F3NO4S. The number of alkyl halides is 3. The molecule has 22 heavy (non-hydrogen) atoms. The van der Waals surface area contributed by atoms with Crippen molar-refractivity contribution in [3.8, 4) is 0 Å². The highest BCUT2D eigenvalue weighted by Gasteiger charge is 2.32. The molecule has 0 radical (unpaired) electrons. The van der Waals surface area contributed by atoms with Crippen molar-refractivity contribution in [1.29, 1.82) is 0 Å². The maximum absolute atomic E-state index is 12.4. The largest absolute Gasteiger partial charge is 0.480 e. The number of halogens is 3. The number of nitrogens with one attached hydrogen (secondary N) is 1. The minimum Gasteiger partial charge on any atom is -0.480 e. The van der Waals surface area contributed by atoms with Crippen LogP contribution in [-0.4, -0.2) is 25.5 Å². The topological polar surface area (TPSA) is 83.5 Å². The van der Waals surface area contributed by atoms with Crippen LogP contribution in [0, 0.1) is 5.92 Å². The smallest absolute Gasteiger partial charge is 0.416 e. The number of carbonyl (C=O) groups is 1. The maximum atomic E-state index is 12.4. The lowest BCUT2D eigenvalue weighted by Crippen LogP contribution is -2.44. The number of benzene rings is 1. The van der Waals surface area contributed by atoms with Gasteiger partial charge in [-0.15, -0.1) is 0 Å². The maximum Gasteiger partial charge on any atom is 0.416 e. The molecule has 0 saturated heterocycles. The third kappa shape index (κ3) is 4.44. The lowest BCUT2D eigenvalue weighted by molar-refractivity contribution is -0.140. The van der Waals surface area contributed by atoms with Crippen LogP contribution in [0.3, 0.4) is 0 Å². The van der Waals surface area contributed by atoms with E-state index in [4.69, 9.17) is 5.11 Å². The molecule has 0 fully saturated rings. The number of aliphatic carboxylic acids is 1. The number of rotatable bonds is 6. The standard InChI is InChI=1S/C13H16F3NO4S/c1-3-8(2)11(12(18)19)17-22(20,21)10-6-4-9(5-7-10)13(14,15)16/h4-8,11,17H,3H2,1-2H3,(H,18,19)/t8-,11-/m0/s1. The molecule has 0 saturated carbocycles. The van der Waals surface area contributed by atoms with Crippen LogP contribution in [0.5, 0.6) is 0 Å². The second-order valence-corrected chi connectivity index (χ2v) is 6.56. The molecule has 2 N–H and O–H groups in total. The average molecular weight is 339 g/mol. The van der Waals surface area contributed by atoms with Gasteiger partial charge >= 0.3 is 12.1 Å². The van der Waals surface area contributed by atoms with E-state index in [-0.39, 0.29) is 0 Å². The summed E-state index contributed by atoms with van der Waals surface area (Å²) in [6.07, 6.45) is -4.15. The van der Waals surface area contributed by atoms with E-state index < -0.39 is 44.6 Å². The third-order valence-electron chi connectivity index (χ3n) is 3.25. The first-order valence-corrected chi connectivity index (χ1v) is 7.89. The second-order valence-electron chi connectivity index (χ2n) is 4.84. The summed E-state index contributed by atoms with van der Waals surface area (Å²) in [5, 5.41) is 9.06. The Labute approximate surface area is 126 Å². The molecule has 5 nitrogen and oxygen atoms in total. The van der Waals surface area contributed by atoms with Crippen molar-refractivity contribution in [3.63, 3.8) is 0 Å². The Hall–Kier alpha value is -1.61. The zero-order valence-electron chi connectivity index (χ0n) is 11.9. The van der Waals surface area contributed by atoms with Gasteiger partial charge in [-0.2, -0.15) is 17.9 Å². The molecule has 124 valence electrons. The lowest BCUT2D eigenvalue weighted by Gasteiger charge is -2.20. The van der Waals surface area contributed by atoms with Crippen molar-refractivity contribution in [1.82, 2.24) is 4.72 Å². The molecule has 0 aliphatic heterocycles. The Kier molecular flexibility index (Phi) is 5.58. The fraction of sp³-hybridized carbons (Fsp3) is 0.462. The molecule has 1 aromatic rings. The Balaban J connectivity index is 3.06. The minimum atomic E-state index is -4.57. The van der Waals surface area contributed by atoms with E-state index >= 15 is 0 Å². The van der Waals surface area contributed by atoms with Gasteiger partial charge in [0.1, 0.15) is 6.04 Å². The highest BCUT2D eigenvalue weighted by molar-refractivity contribution is 7.89. The molecule has 1 rings (SSSR count). The van der Waals surface area contributed by atoms with Crippen LogP contribution in [0.1, 0.15) is 25.8 Å². The quantitative estimate of drug-likeness (QED) is 0.834. The highest BCUT2D eigenvalue weighted by atomic mass is 32.2. The van der Waals surface area contributed by atoms with Gasteiger partial charge in [0.25, 0.3) is 0 Å². The van der Waals surface area contributed by atoms with Gasteiger partial charge in [0, 0.05) is 0 Å². The Bertz CT molecular complexity index is 626. The van der Waals surface area contributed by atoms with Crippen LogP contribution < -0.4 is 4.72 Å². The van der Waals surface area contributed by atoms with Crippen molar-refractivity contribution >= 4 is 16.0 Å². The van der Waals surface area contributed by atoms with Gasteiger partial charge < -0.3 is 5.11 Å². The van der Waals surface area contributed by atoms with Gasteiger partial charge in [-0.1, -0.05) is 20.3 Å². The van der Waals surface area contributed by atoms with Crippen LogP contribution in [0.2, 0.25) is 0 Å². The van der Waals surface area contributed by atoms with E-state index in [0.717, 1.165) is 12.1 Å². The fourth-order valence-electron chi connectivity index (χ4n) is 1.70. The molecule has 2 atom stereocenters. The monoisotopic (exact) mass is 339 g/mol. The van der Waals surface area contributed by atoms with Gasteiger partial charge in [-0.3, -0.25) is 4.79 Å². The normalized spacial score (nSPS) is 15.3. The van der Waals surface area contributed by atoms with Crippen molar-refractivity contribution < 1.29 is 31.5 Å². The molecule has 0 unspecified atom stereocenters. The summed E-state index contributed by atoms with van der Waals surface area (Å²) in [5.41, 5.74) is -0.983. The SMILES string of the molecule is CC[C@H](C)[C@H](NS(=O)(=O)c1ccc(C(F)(F)F)cc1)C(=O)O. The molecular weight excluding hydrogens is 323 g/mol. The molecule has 1 aromatic carbocycles. The van der Waals surface area contributed by atoms with Gasteiger partial charge in [0.2, 0.25) is 10.0 Å². The summed E-state index contributed by atoms with van der Waals surface area (Å²) in [6, 6.07) is 1.50. The van der Waals surface area contributed by atoms with Gasteiger partial charge in [-0.25, -0.2) is 8.42 Å². The van der Waals surface area contributed by atoms with E-state index in [9.17, 15) is 26.4 Å². The van der Waals surface area contributed by atoms with Crippen LogP contribution in [0.15, 0.2) is 29.2 Å². The first-order chi connectivity index (χ1) is 9.99. The number of carboxylic acids is 1. The van der Waals surface area contributed by atoms with Crippen LogP contribution in [0.4, 0.5) is 13.2 Å². The van der Waals surface area contributed by atoms with Gasteiger partial charge in [0.15, 0.2) is 0 Å². The zero-order valence-corrected chi connectivity index (χ0v) is 12.7. The predicted molar refractivity (Wildman–Crippen MR) is 72.6 cm³/mol. The second kappa shape index (κ2) is 6.66. The van der Waals surface area contributed by atoms with Crippen molar-refractivity contribution in [3.05, 3.63) is 29.8 Å². The molecule has 9 heteroatoms. The van der Waals surface area contributed by atoms with Crippen molar-refractivity contribution in [2.45, 2.75) is 37.4 Å². The van der Waals surface area contributed by atoms with E-state index in [1.54, 1.807) is 13.8 Å². The predicted octanol–water partition coefficient (Wildman–Crippen LogP) is 2.48. The van der Waals surface area contributed by atoms with Crippen molar-refractivity contribution in [2.75, 3.05) is 0 Å². The Morgan fingerprint density at radius 2 is 1.77 bits per heavy atom. The lowest BCUT2D eigenvalue weighted by atomic mass is 10.0. The van der Waals surface area contributed by atoms with E-state index in [1.807, 2.05) is 4.72 Å². The van der Waals surface area contributed by atoms with E-state index in [0.29, 0.717) is 18.6 Å². The van der Waals surface area contributed by atoms with Crippen LogP contribution in [0.25, 0.3) is 0 Å². The van der Waals surface area contributed by atoms with Crippen LogP contribution >= 0.6 is 0 Å². The number of sulfonamides is 1. The first-order valence-electron chi connectivity index (χ1n) is 6.41. The number of carboxylic acid groups (broad SMARTS) is 1. The summed E-state index contributed by atoms with van der Waals surface area (Å²) in [7, 11) is -4.22. The third-order valence-corrected chi connectivity index (χ3v) is 4.71. The Morgan fingerprint density at radius 3 is 2.14 bits per heavy atom. The fourth-order valence-corrected chi connectivity index (χ4v) is 3.00. The summed E-state index contributed by atoms with van der Waals surface area (Å²) in [4.78, 5) is 10.7. The van der Waals surface area contributed by atoms with Gasteiger partial charge in [0.05, 0.1) is 10.5 Å². The molecule has 0 heterocycles. The highest BCUT2D eigenvalue weighted by Crippen LogP contribution is 2.29. The number of hydrogen-bond donors (Lipinski definition) is 2. The van der Waals surface area contributed by atoms with E-state index in [1.165, 1.54) is 0 Å². The summed E-state index contributed by atoms with van der Waals surface area (Å²) in [5.74, 6) is -1.81. The molecule has 0 aromatic heterocycles. The molecule has 0 aliphatic carbocycles. The van der Waals surface area contributed by atoms with E-state index in [2.05, 4.69) is 0 Å². The number of hydrogen-bond acceptors (Lipinski definition) is 3. The average Bonchev–Trinajstić information content (AvgIpc) is 2.43. The summed E-state index contributed by atoms with van der Waals surface area (Å²) < 4.78 is 63.5. The summed E-state index contributed by atoms with van der Waals surface area (Å²) >= 11 is 0. The zero-order chi connectivity index (χ0) is 17.1. The molecule has 0 amide bonds. The molecule has 0 bridgehead atoms.